The quantitative estimate of drug-likeness (QED) is 0.853. The van der Waals surface area contributed by atoms with E-state index in [2.05, 4.69) is 12.2 Å². The van der Waals surface area contributed by atoms with Crippen LogP contribution >= 0.6 is 0 Å². The normalized spacial score (nSPS) is 21.7. The Balaban J connectivity index is 1.65. The minimum absolute atomic E-state index is 0.159. The number of carbonyl (C=O) groups excluding carboxylic acids is 2. The van der Waals surface area contributed by atoms with Crippen molar-refractivity contribution >= 4 is 22.8 Å². The summed E-state index contributed by atoms with van der Waals surface area (Å²) in [5.74, 6) is -0.237. The van der Waals surface area contributed by atoms with Crippen LogP contribution in [0.25, 0.3) is 11.0 Å². The van der Waals surface area contributed by atoms with Crippen molar-refractivity contribution in [3.05, 3.63) is 35.6 Å². The number of ether oxygens (including phenoxy) is 1. The summed E-state index contributed by atoms with van der Waals surface area (Å²) < 4.78 is 10.9. The van der Waals surface area contributed by atoms with Crippen molar-refractivity contribution in [2.75, 3.05) is 0 Å². The Kier molecular flexibility index (Phi) is 5.11. The van der Waals surface area contributed by atoms with Gasteiger partial charge < -0.3 is 14.5 Å². The smallest absolute Gasteiger partial charge is 0.375 e. The van der Waals surface area contributed by atoms with E-state index < -0.39 is 12.1 Å². The Labute approximate surface area is 147 Å². The van der Waals surface area contributed by atoms with Gasteiger partial charge in [0.2, 0.25) is 5.76 Å². The molecule has 134 valence electrons. The molecule has 5 heteroatoms. The average Bonchev–Trinajstić information content (AvgIpc) is 2.94. The Hall–Kier alpha value is -2.30. The van der Waals surface area contributed by atoms with Gasteiger partial charge >= 0.3 is 5.97 Å². The third kappa shape index (κ3) is 3.70. The molecule has 1 heterocycles. The van der Waals surface area contributed by atoms with Crippen LogP contribution in [-0.2, 0) is 9.53 Å². The molecule has 0 aliphatic heterocycles. The second-order valence-electron chi connectivity index (χ2n) is 6.98. The molecular weight excluding hydrogens is 318 g/mol. The maximum Gasteiger partial charge on any atom is 0.375 e. The molecule has 1 aromatic carbocycles. The van der Waals surface area contributed by atoms with Gasteiger partial charge in [-0.15, -0.1) is 0 Å². The van der Waals surface area contributed by atoms with Crippen molar-refractivity contribution in [3.8, 4) is 0 Å². The first-order valence-electron chi connectivity index (χ1n) is 8.97. The van der Waals surface area contributed by atoms with E-state index in [0.29, 0.717) is 11.5 Å². The van der Waals surface area contributed by atoms with E-state index in [0.717, 1.165) is 30.2 Å². The van der Waals surface area contributed by atoms with E-state index in [-0.39, 0.29) is 17.7 Å². The van der Waals surface area contributed by atoms with E-state index in [1.807, 2.05) is 25.1 Å². The molecule has 5 nitrogen and oxygen atoms in total. The zero-order chi connectivity index (χ0) is 18.0. The van der Waals surface area contributed by atoms with Gasteiger partial charge in [0.15, 0.2) is 6.10 Å². The number of rotatable bonds is 4. The monoisotopic (exact) mass is 343 g/mol. The van der Waals surface area contributed by atoms with Crippen molar-refractivity contribution in [1.82, 2.24) is 5.32 Å². The first-order valence-corrected chi connectivity index (χ1v) is 8.97. The number of furan rings is 1. The number of benzene rings is 1. The number of para-hydroxylation sites is 1. The molecule has 25 heavy (non-hydrogen) atoms. The summed E-state index contributed by atoms with van der Waals surface area (Å²) in [5, 5.41) is 3.90. The number of hydrogen-bond donors (Lipinski definition) is 1. The predicted octanol–water partition coefficient (Wildman–Crippen LogP) is 3.98. The molecule has 0 spiro atoms. The largest absolute Gasteiger partial charge is 0.449 e. The number of amides is 1. The topological polar surface area (TPSA) is 68.5 Å². The van der Waals surface area contributed by atoms with E-state index in [9.17, 15) is 9.59 Å². The van der Waals surface area contributed by atoms with E-state index in [1.165, 1.54) is 6.42 Å². The summed E-state index contributed by atoms with van der Waals surface area (Å²) in [6.45, 7) is 5.56. The van der Waals surface area contributed by atoms with E-state index >= 15 is 0 Å². The fraction of sp³-hybridized carbons (Fsp3) is 0.500. The first kappa shape index (κ1) is 17.5. The summed E-state index contributed by atoms with van der Waals surface area (Å²) >= 11 is 0. The lowest BCUT2D eigenvalue weighted by atomic mass is 9.86. The fourth-order valence-corrected chi connectivity index (χ4v) is 3.47. The molecule has 1 fully saturated rings. The molecule has 1 amide bonds. The Morgan fingerprint density at radius 1 is 1.24 bits per heavy atom. The molecule has 0 saturated heterocycles. The van der Waals surface area contributed by atoms with Gasteiger partial charge in [-0.05, 0) is 38.7 Å². The minimum atomic E-state index is -0.853. The Morgan fingerprint density at radius 2 is 1.96 bits per heavy atom. The molecule has 2 aromatic rings. The van der Waals surface area contributed by atoms with Gasteiger partial charge in [-0.2, -0.15) is 0 Å². The third-order valence-corrected chi connectivity index (χ3v) is 5.12. The summed E-state index contributed by atoms with van der Waals surface area (Å²) in [6, 6.07) is 7.60. The highest BCUT2D eigenvalue weighted by Crippen LogP contribution is 2.26. The number of fused-ring (bicyclic) bond motifs is 1. The lowest BCUT2D eigenvalue weighted by molar-refractivity contribution is -0.130. The predicted molar refractivity (Wildman–Crippen MR) is 95.4 cm³/mol. The van der Waals surface area contributed by atoms with Crippen LogP contribution in [0.3, 0.4) is 0 Å². The van der Waals surface area contributed by atoms with E-state index in [4.69, 9.17) is 9.15 Å². The number of carbonyl (C=O) groups is 2. The molecule has 1 saturated carbocycles. The zero-order valence-electron chi connectivity index (χ0n) is 15.0. The Bertz CT molecular complexity index is 779. The van der Waals surface area contributed by atoms with Gasteiger partial charge in [-0.3, -0.25) is 4.79 Å². The van der Waals surface area contributed by atoms with Gasteiger partial charge in [0, 0.05) is 17.0 Å². The van der Waals surface area contributed by atoms with Crippen LogP contribution in [0.15, 0.2) is 28.7 Å². The van der Waals surface area contributed by atoms with Crippen LogP contribution in [0.2, 0.25) is 0 Å². The molecule has 3 atom stereocenters. The Morgan fingerprint density at radius 3 is 2.68 bits per heavy atom. The summed E-state index contributed by atoms with van der Waals surface area (Å²) in [6.07, 6.45) is 3.59. The van der Waals surface area contributed by atoms with Crippen LogP contribution in [0, 0.1) is 12.8 Å². The van der Waals surface area contributed by atoms with Gasteiger partial charge in [0.25, 0.3) is 5.91 Å². The van der Waals surface area contributed by atoms with Gasteiger partial charge in [0.1, 0.15) is 5.58 Å². The highest BCUT2D eigenvalue weighted by molar-refractivity contribution is 5.97. The molecule has 0 bridgehead atoms. The maximum atomic E-state index is 12.4. The SMILES string of the molecule is Cc1c(C(=O)O[C@@H](C)C(=O)N[C@H]2CCCC[C@@H]2C)oc2ccccc12. The number of nitrogens with one attached hydrogen (secondary N) is 1. The summed E-state index contributed by atoms with van der Waals surface area (Å²) in [4.78, 5) is 24.8. The molecule has 1 aliphatic carbocycles. The van der Waals surface area contributed by atoms with Gasteiger partial charge in [-0.25, -0.2) is 4.79 Å². The fourth-order valence-electron chi connectivity index (χ4n) is 3.47. The molecule has 1 N–H and O–H groups in total. The lowest BCUT2D eigenvalue weighted by Gasteiger charge is -2.30. The van der Waals surface area contributed by atoms with Crippen LogP contribution < -0.4 is 5.32 Å². The molecule has 1 aromatic heterocycles. The second kappa shape index (κ2) is 7.30. The molecule has 0 radical (unpaired) electrons. The van der Waals surface area contributed by atoms with Gasteiger partial charge in [-0.1, -0.05) is 38.0 Å². The van der Waals surface area contributed by atoms with Crippen molar-refractivity contribution in [2.45, 2.75) is 58.6 Å². The van der Waals surface area contributed by atoms with Crippen LogP contribution in [0.4, 0.5) is 0 Å². The number of hydrogen-bond acceptors (Lipinski definition) is 4. The molecule has 1 aliphatic rings. The van der Waals surface area contributed by atoms with Crippen LogP contribution in [-0.4, -0.2) is 24.0 Å². The summed E-state index contributed by atoms with van der Waals surface area (Å²) in [5.41, 5.74) is 1.37. The highest BCUT2D eigenvalue weighted by Gasteiger charge is 2.28. The van der Waals surface area contributed by atoms with Gasteiger partial charge in [0.05, 0.1) is 0 Å². The molecular formula is C20H25NO4. The summed E-state index contributed by atoms with van der Waals surface area (Å²) in [7, 11) is 0. The van der Waals surface area contributed by atoms with Crippen molar-refractivity contribution < 1.29 is 18.7 Å². The van der Waals surface area contributed by atoms with Crippen molar-refractivity contribution in [3.63, 3.8) is 0 Å². The van der Waals surface area contributed by atoms with Crippen LogP contribution in [0.5, 0.6) is 0 Å². The van der Waals surface area contributed by atoms with Crippen molar-refractivity contribution in [1.29, 1.82) is 0 Å². The first-order chi connectivity index (χ1) is 12.0. The zero-order valence-corrected chi connectivity index (χ0v) is 15.0. The highest BCUT2D eigenvalue weighted by atomic mass is 16.6. The second-order valence-corrected chi connectivity index (χ2v) is 6.98. The molecule has 0 unspecified atom stereocenters. The van der Waals surface area contributed by atoms with E-state index in [1.54, 1.807) is 13.0 Å². The van der Waals surface area contributed by atoms with Crippen LogP contribution in [0.1, 0.15) is 55.6 Å². The van der Waals surface area contributed by atoms with Crippen molar-refractivity contribution in [2.24, 2.45) is 5.92 Å². The number of esters is 1. The maximum absolute atomic E-state index is 12.4. The molecule has 3 rings (SSSR count). The number of aryl methyl sites for hydroxylation is 1. The average molecular weight is 343 g/mol. The minimum Gasteiger partial charge on any atom is -0.449 e. The standard InChI is InChI=1S/C20H25NO4/c1-12-8-4-6-10-16(12)21-19(22)14(3)24-20(23)18-13(2)15-9-5-7-11-17(15)25-18/h5,7,9,11-12,14,16H,4,6,8,10H2,1-3H3,(H,21,22)/t12-,14-,16-/m0/s1. The third-order valence-electron chi connectivity index (χ3n) is 5.12. The lowest BCUT2D eigenvalue weighted by Crippen LogP contribution is -2.46.